The van der Waals surface area contributed by atoms with Crippen LogP contribution in [0.2, 0.25) is 0 Å². The molecule has 3 aromatic rings. The Morgan fingerprint density at radius 2 is 2.11 bits per heavy atom. The molecule has 1 fully saturated rings. The van der Waals surface area contributed by atoms with Gasteiger partial charge in [0, 0.05) is 18.8 Å². The quantitative estimate of drug-likeness (QED) is 0.663. The number of pyridine rings is 2. The fraction of sp³-hybridized carbons (Fsp3) is 0.333. The largest absolute Gasteiger partial charge is 0.573 e. The van der Waals surface area contributed by atoms with Crippen molar-refractivity contribution in [2.24, 2.45) is 0 Å². The highest BCUT2D eigenvalue weighted by atomic mass is 19.4. The Morgan fingerprint density at radius 1 is 1.25 bits per heavy atom. The molecule has 4 heterocycles. The van der Waals surface area contributed by atoms with Gasteiger partial charge in [0.2, 0.25) is 0 Å². The molecule has 0 bridgehead atoms. The number of alkyl halides is 4. The lowest BCUT2D eigenvalue weighted by atomic mass is 10.1. The van der Waals surface area contributed by atoms with Crippen LogP contribution in [0.4, 0.5) is 23.4 Å². The molecular formula is C18H17F4N5O. The number of anilines is 1. The number of aromatic nitrogens is 3. The van der Waals surface area contributed by atoms with E-state index < -0.39 is 12.5 Å². The van der Waals surface area contributed by atoms with Gasteiger partial charge in [-0.15, -0.1) is 13.2 Å². The predicted octanol–water partition coefficient (Wildman–Crippen LogP) is 3.41. The van der Waals surface area contributed by atoms with Crippen LogP contribution in [-0.2, 0) is 0 Å². The van der Waals surface area contributed by atoms with Crippen LogP contribution >= 0.6 is 0 Å². The standard InChI is InChI=1S/C18H17F4N5O/c19-12-4-6-23-9-14(12)26-16-3-1-2-13(25-16)15-10-24-17-8-11(5-7-27(15)17)28-18(20,21)22/h1-3,5,7-8,10,12,14,23H,4,6,9H2,(H,25,26)/t12-,14-/m0/s1. The topological polar surface area (TPSA) is 63.5 Å². The predicted molar refractivity (Wildman–Crippen MR) is 94.9 cm³/mol. The van der Waals surface area contributed by atoms with Gasteiger partial charge in [0.1, 0.15) is 23.4 Å². The highest BCUT2D eigenvalue weighted by molar-refractivity contribution is 5.62. The van der Waals surface area contributed by atoms with Crippen molar-refractivity contribution in [3.8, 4) is 17.1 Å². The maximum Gasteiger partial charge on any atom is 0.573 e. The van der Waals surface area contributed by atoms with Crippen LogP contribution in [0, 0.1) is 0 Å². The zero-order valence-electron chi connectivity index (χ0n) is 14.6. The lowest BCUT2D eigenvalue weighted by molar-refractivity contribution is -0.274. The molecule has 28 heavy (non-hydrogen) atoms. The molecule has 0 aliphatic carbocycles. The normalized spacial score (nSPS) is 20.3. The molecule has 4 rings (SSSR count). The summed E-state index contributed by atoms with van der Waals surface area (Å²) in [4.78, 5) is 8.63. The van der Waals surface area contributed by atoms with Crippen LogP contribution in [0.3, 0.4) is 0 Å². The van der Waals surface area contributed by atoms with E-state index in [4.69, 9.17) is 0 Å². The van der Waals surface area contributed by atoms with Gasteiger partial charge in [-0.25, -0.2) is 14.4 Å². The Kier molecular flexibility index (Phi) is 4.80. The summed E-state index contributed by atoms with van der Waals surface area (Å²) >= 11 is 0. The number of imidazole rings is 1. The number of nitrogens with zero attached hydrogens (tertiary/aromatic N) is 3. The highest BCUT2D eigenvalue weighted by Gasteiger charge is 2.31. The molecule has 2 N–H and O–H groups in total. The van der Waals surface area contributed by atoms with Crippen LogP contribution < -0.4 is 15.4 Å². The van der Waals surface area contributed by atoms with Crippen molar-refractivity contribution in [2.75, 3.05) is 18.4 Å². The molecule has 0 radical (unpaired) electrons. The van der Waals surface area contributed by atoms with E-state index in [1.807, 2.05) is 0 Å². The highest BCUT2D eigenvalue weighted by Crippen LogP contribution is 2.26. The number of rotatable bonds is 4. The number of piperidine rings is 1. The molecule has 1 aliphatic heterocycles. The van der Waals surface area contributed by atoms with Gasteiger partial charge in [-0.1, -0.05) is 6.07 Å². The fourth-order valence-corrected chi connectivity index (χ4v) is 3.16. The lowest BCUT2D eigenvalue weighted by Gasteiger charge is -2.28. The molecule has 2 atom stereocenters. The first-order valence-corrected chi connectivity index (χ1v) is 8.71. The zero-order chi connectivity index (χ0) is 19.7. The van der Waals surface area contributed by atoms with E-state index in [1.165, 1.54) is 24.5 Å². The summed E-state index contributed by atoms with van der Waals surface area (Å²) in [7, 11) is 0. The van der Waals surface area contributed by atoms with Gasteiger partial charge in [-0.3, -0.25) is 4.40 Å². The molecule has 0 spiro atoms. The Balaban J connectivity index is 1.59. The van der Waals surface area contributed by atoms with Gasteiger partial charge in [0.15, 0.2) is 0 Å². The van der Waals surface area contributed by atoms with Crippen molar-refractivity contribution in [2.45, 2.75) is 25.0 Å². The van der Waals surface area contributed by atoms with Crippen molar-refractivity contribution in [3.63, 3.8) is 0 Å². The molecule has 0 aromatic carbocycles. The van der Waals surface area contributed by atoms with Gasteiger partial charge in [-0.2, -0.15) is 0 Å². The smallest absolute Gasteiger partial charge is 0.406 e. The molecule has 10 heteroatoms. The van der Waals surface area contributed by atoms with E-state index in [1.54, 1.807) is 22.6 Å². The van der Waals surface area contributed by atoms with E-state index in [-0.39, 0.29) is 17.4 Å². The van der Waals surface area contributed by atoms with E-state index in [0.29, 0.717) is 36.7 Å². The summed E-state index contributed by atoms with van der Waals surface area (Å²) in [6, 6.07) is 7.29. The average Bonchev–Trinajstić information content (AvgIpc) is 3.06. The summed E-state index contributed by atoms with van der Waals surface area (Å²) < 4.78 is 56.7. The van der Waals surface area contributed by atoms with E-state index in [2.05, 4.69) is 25.3 Å². The number of fused-ring (bicyclic) bond motifs is 1. The second-order valence-electron chi connectivity index (χ2n) is 6.45. The van der Waals surface area contributed by atoms with Crippen LogP contribution in [-0.4, -0.2) is 46.0 Å². The number of nitrogens with one attached hydrogen (secondary N) is 2. The molecular weight excluding hydrogens is 378 g/mol. The van der Waals surface area contributed by atoms with E-state index in [0.717, 1.165) is 0 Å². The molecule has 0 amide bonds. The first-order valence-electron chi connectivity index (χ1n) is 8.71. The second kappa shape index (κ2) is 7.27. The van der Waals surface area contributed by atoms with E-state index in [9.17, 15) is 17.6 Å². The molecule has 0 unspecified atom stereocenters. The first-order chi connectivity index (χ1) is 13.4. The van der Waals surface area contributed by atoms with Gasteiger partial charge >= 0.3 is 6.36 Å². The third-order valence-electron chi connectivity index (χ3n) is 4.46. The minimum atomic E-state index is -4.77. The Bertz CT molecular complexity index is 974. The second-order valence-corrected chi connectivity index (χ2v) is 6.45. The van der Waals surface area contributed by atoms with Crippen molar-refractivity contribution in [1.29, 1.82) is 0 Å². The SMILES string of the molecule is F[C@H]1CCNC[C@@H]1Nc1cccc(-c2cnc3cc(OC(F)(F)F)ccn23)n1. The van der Waals surface area contributed by atoms with Gasteiger partial charge in [0.25, 0.3) is 0 Å². The molecule has 3 aromatic heterocycles. The number of hydrogen-bond acceptors (Lipinski definition) is 5. The summed E-state index contributed by atoms with van der Waals surface area (Å²) in [5.74, 6) is 0.167. The number of hydrogen-bond donors (Lipinski definition) is 2. The maximum absolute atomic E-state index is 14.0. The molecule has 1 aliphatic rings. The summed E-state index contributed by atoms with van der Waals surface area (Å²) in [5, 5.41) is 6.23. The van der Waals surface area contributed by atoms with Crippen molar-refractivity contribution < 1.29 is 22.3 Å². The summed E-state index contributed by atoms with van der Waals surface area (Å²) in [6.45, 7) is 1.15. The Hall–Kier alpha value is -2.88. The molecule has 1 saturated heterocycles. The molecule has 0 saturated carbocycles. The summed E-state index contributed by atoms with van der Waals surface area (Å²) in [6.07, 6.45) is -2.35. The maximum atomic E-state index is 14.0. The number of ether oxygens (including phenoxy) is 1. The minimum absolute atomic E-state index is 0.289. The average molecular weight is 395 g/mol. The van der Waals surface area contributed by atoms with Crippen molar-refractivity contribution in [3.05, 3.63) is 42.7 Å². The Morgan fingerprint density at radius 3 is 2.89 bits per heavy atom. The summed E-state index contributed by atoms with van der Waals surface area (Å²) in [5.41, 5.74) is 1.44. The molecule has 148 valence electrons. The minimum Gasteiger partial charge on any atom is -0.406 e. The zero-order valence-corrected chi connectivity index (χ0v) is 14.6. The van der Waals surface area contributed by atoms with Crippen LogP contribution in [0.1, 0.15) is 6.42 Å². The third kappa shape index (κ3) is 4.01. The first kappa shape index (κ1) is 18.5. The van der Waals surface area contributed by atoms with Crippen molar-refractivity contribution in [1.82, 2.24) is 19.7 Å². The van der Waals surface area contributed by atoms with Gasteiger partial charge in [0.05, 0.1) is 23.6 Å². The third-order valence-corrected chi connectivity index (χ3v) is 4.46. The van der Waals surface area contributed by atoms with Crippen LogP contribution in [0.15, 0.2) is 42.7 Å². The molecule has 6 nitrogen and oxygen atoms in total. The monoisotopic (exact) mass is 395 g/mol. The van der Waals surface area contributed by atoms with Gasteiger partial charge in [-0.05, 0) is 31.2 Å². The lowest BCUT2D eigenvalue weighted by Crippen LogP contribution is -2.46. The van der Waals surface area contributed by atoms with Crippen LogP contribution in [0.5, 0.6) is 5.75 Å². The van der Waals surface area contributed by atoms with E-state index >= 15 is 0 Å². The van der Waals surface area contributed by atoms with Crippen molar-refractivity contribution >= 4 is 11.5 Å². The van der Waals surface area contributed by atoms with Gasteiger partial charge < -0.3 is 15.4 Å². The van der Waals surface area contributed by atoms with Crippen LogP contribution in [0.25, 0.3) is 17.0 Å². The number of halogens is 4. The Labute approximate surface area is 157 Å². The fourth-order valence-electron chi connectivity index (χ4n) is 3.16.